The molecule has 1 aliphatic rings. The first kappa shape index (κ1) is 22.3. The van der Waals surface area contributed by atoms with E-state index in [1.807, 2.05) is 61.2 Å². The van der Waals surface area contributed by atoms with E-state index in [2.05, 4.69) is 15.3 Å². The minimum Gasteiger partial charge on any atom is -0.339 e. The molecular weight excluding hydrogens is 452 g/mol. The number of piperidine rings is 1. The lowest BCUT2D eigenvalue weighted by molar-refractivity contribution is 0.0710. The number of aromatic amines is 1. The van der Waals surface area contributed by atoms with Crippen molar-refractivity contribution >= 4 is 28.7 Å². The van der Waals surface area contributed by atoms with Crippen molar-refractivity contribution in [3.63, 3.8) is 0 Å². The Morgan fingerprint density at radius 2 is 1.94 bits per heavy atom. The predicted molar refractivity (Wildman–Crippen MR) is 130 cm³/mol. The van der Waals surface area contributed by atoms with E-state index in [-0.39, 0.29) is 22.9 Å². The third-order valence-corrected chi connectivity index (χ3v) is 6.64. The molecule has 1 saturated heterocycles. The standard InChI is InChI=1S/C25H25ClN6O2/c1-15-6-7-16(2)20(12-15)25(34)31-10-8-18(9-11-31)22-27-23-21(24(33)28-22)29-30-32(23)14-17-4-3-5-19(26)13-17/h3-7,12-13,18H,8-11,14H2,1-2H3,(H,27,28,33). The normalized spacial score (nSPS) is 14.6. The van der Waals surface area contributed by atoms with Crippen LogP contribution in [0.3, 0.4) is 0 Å². The Bertz CT molecular complexity index is 1440. The summed E-state index contributed by atoms with van der Waals surface area (Å²) >= 11 is 6.10. The van der Waals surface area contributed by atoms with E-state index in [4.69, 9.17) is 16.6 Å². The van der Waals surface area contributed by atoms with Gasteiger partial charge in [0.25, 0.3) is 11.5 Å². The number of nitrogens with one attached hydrogen (secondary N) is 1. The van der Waals surface area contributed by atoms with Crippen molar-refractivity contribution in [2.45, 2.75) is 39.2 Å². The van der Waals surface area contributed by atoms with Gasteiger partial charge in [-0.3, -0.25) is 9.59 Å². The number of carbonyl (C=O) groups excluding carboxylic acids is 1. The van der Waals surface area contributed by atoms with Gasteiger partial charge in [-0.15, -0.1) is 5.10 Å². The maximum atomic E-state index is 13.1. The molecule has 5 rings (SSSR count). The molecule has 34 heavy (non-hydrogen) atoms. The molecule has 4 aromatic rings. The fourth-order valence-electron chi connectivity index (χ4n) is 4.48. The molecule has 2 aromatic heterocycles. The van der Waals surface area contributed by atoms with Gasteiger partial charge in [-0.25, -0.2) is 9.67 Å². The van der Waals surface area contributed by atoms with Gasteiger partial charge < -0.3 is 9.88 Å². The number of aromatic nitrogens is 5. The van der Waals surface area contributed by atoms with Crippen LogP contribution in [0.4, 0.5) is 0 Å². The number of rotatable bonds is 4. The molecule has 0 aliphatic carbocycles. The van der Waals surface area contributed by atoms with Crippen molar-refractivity contribution in [1.29, 1.82) is 0 Å². The SMILES string of the molecule is Cc1ccc(C)c(C(=O)N2CCC(c3nc4c(nnn4Cc4cccc(Cl)c4)c(=O)[nH]3)CC2)c1. The molecule has 0 spiro atoms. The molecule has 3 heterocycles. The highest BCUT2D eigenvalue weighted by Gasteiger charge is 2.27. The van der Waals surface area contributed by atoms with Crippen LogP contribution in [0.2, 0.25) is 5.02 Å². The highest BCUT2D eigenvalue weighted by atomic mass is 35.5. The summed E-state index contributed by atoms with van der Waals surface area (Å²) in [5.74, 6) is 0.723. The molecule has 0 unspecified atom stereocenters. The zero-order valence-corrected chi connectivity index (χ0v) is 19.8. The molecule has 2 aromatic carbocycles. The van der Waals surface area contributed by atoms with Gasteiger partial charge in [-0.1, -0.05) is 46.6 Å². The molecule has 1 amide bonds. The second-order valence-electron chi connectivity index (χ2n) is 8.89. The zero-order chi connectivity index (χ0) is 23.8. The van der Waals surface area contributed by atoms with Crippen LogP contribution in [0.25, 0.3) is 11.2 Å². The van der Waals surface area contributed by atoms with E-state index < -0.39 is 0 Å². The largest absolute Gasteiger partial charge is 0.339 e. The number of amides is 1. The molecule has 9 heteroatoms. The fourth-order valence-corrected chi connectivity index (χ4v) is 4.70. The number of nitrogens with zero attached hydrogens (tertiary/aromatic N) is 5. The van der Waals surface area contributed by atoms with E-state index in [1.165, 1.54) is 0 Å². The van der Waals surface area contributed by atoms with Crippen LogP contribution in [0.5, 0.6) is 0 Å². The Labute approximate surface area is 201 Å². The number of hydrogen-bond acceptors (Lipinski definition) is 5. The quantitative estimate of drug-likeness (QED) is 0.482. The Hall–Kier alpha value is -3.52. The Kier molecular flexibility index (Phi) is 5.91. The van der Waals surface area contributed by atoms with E-state index in [9.17, 15) is 9.59 Å². The summed E-state index contributed by atoms with van der Waals surface area (Å²) in [4.78, 5) is 35.3. The highest BCUT2D eigenvalue weighted by molar-refractivity contribution is 6.30. The zero-order valence-electron chi connectivity index (χ0n) is 19.1. The van der Waals surface area contributed by atoms with E-state index in [0.717, 1.165) is 35.1 Å². The van der Waals surface area contributed by atoms with Gasteiger partial charge in [0.2, 0.25) is 0 Å². The van der Waals surface area contributed by atoms with Gasteiger partial charge in [-0.05, 0) is 56.0 Å². The molecule has 1 aliphatic heterocycles. The third-order valence-electron chi connectivity index (χ3n) is 6.41. The van der Waals surface area contributed by atoms with Gasteiger partial charge in [0.05, 0.1) is 6.54 Å². The van der Waals surface area contributed by atoms with Crippen LogP contribution in [-0.2, 0) is 6.54 Å². The average Bonchev–Trinajstić information content (AvgIpc) is 3.23. The average molecular weight is 477 g/mol. The van der Waals surface area contributed by atoms with Crippen LogP contribution in [-0.4, -0.2) is 48.9 Å². The van der Waals surface area contributed by atoms with Crippen molar-refractivity contribution in [3.05, 3.63) is 85.9 Å². The Morgan fingerprint density at radius 1 is 1.15 bits per heavy atom. The summed E-state index contributed by atoms with van der Waals surface area (Å²) in [7, 11) is 0. The first-order valence-corrected chi connectivity index (χ1v) is 11.7. The van der Waals surface area contributed by atoms with E-state index >= 15 is 0 Å². The third kappa shape index (κ3) is 4.33. The number of hydrogen-bond donors (Lipinski definition) is 1. The number of aryl methyl sites for hydroxylation is 2. The van der Waals surface area contributed by atoms with Gasteiger partial charge in [0, 0.05) is 29.6 Å². The number of likely N-dealkylation sites (tertiary alicyclic amines) is 1. The van der Waals surface area contributed by atoms with Crippen LogP contribution in [0.1, 0.15) is 51.6 Å². The monoisotopic (exact) mass is 476 g/mol. The van der Waals surface area contributed by atoms with Crippen molar-refractivity contribution < 1.29 is 4.79 Å². The number of benzene rings is 2. The van der Waals surface area contributed by atoms with E-state index in [1.54, 1.807) is 4.68 Å². The molecule has 8 nitrogen and oxygen atoms in total. The fraction of sp³-hybridized carbons (Fsp3) is 0.320. The number of halogens is 1. The van der Waals surface area contributed by atoms with Crippen LogP contribution < -0.4 is 5.56 Å². The lowest BCUT2D eigenvalue weighted by atomic mass is 9.94. The lowest BCUT2D eigenvalue weighted by Gasteiger charge is -2.32. The van der Waals surface area contributed by atoms with Crippen molar-refractivity contribution in [1.82, 2.24) is 29.9 Å². The summed E-state index contributed by atoms with van der Waals surface area (Å²) in [6, 6.07) is 13.4. The Morgan fingerprint density at radius 3 is 2.71 bits per heavy atom. The van der Waals surface area contributed by atoms with Gasteiger partial charge in [0.1, 0.15) is 5.82 Å². The summed E-state index contributed by atoms with van der Waals surface area (Å²) in [5.41, 5.74) is 4.12. The summed E-state index contributed by atoms with van der Waals surface area (Å²) in [5, 5.41) is 8.80. The topological polar surface area (TPSA) is 96.8 Å². The molecule has 1 fully saturated rings. The maximum Gasteiger partial charge on any atom is 0.281 e. The summed E-state index contributed by atoms with van der Waals surface area (Å²) < 4.78 is 1.62. The first-order valence-electron chi connectivity index (χ1n) is 11.3. The van der Waals surface area contributed by atoms with Gasteiger partial charge in [-0.2, -0.15) is 0 Å². The molecule has 0 saturated carbocycles. The van der Waals surface area contributed by atoms with Crippen molar-refractivity contribution in [2.75, 3.05) is 13.1 Å². The molecule has 0 radical (unpaired) electrons. The van der Waals surface area contributed by atoms with E-state index in [0.29, 0.717) is 36.1 Å². The summed E-state index contributed by atoms with van der Waals surface area (Å²) in [6.45, 7) is 5.59. The summed E-state index contributed by atoms with van der Waals surface area (Å²) in [6.07, 6.45) is 1.45. The second kappa shape index (κ2) is 9.02. The maximum absolute atomic E-state index is 13.1. The number of fused-ring (bicyclic) bond motifs is 1. The Balaban J connectivity index is 1.35. The minimum atomic E-state index is -0.300. The smallest absolute Gasteiger partial charge is 0.281 e. The molecule has 1 N–H and O–H groups in total. The minimum absolute atomic E-state index is 0.0503. The molecule has 174 valence electrons. The van der Waals surface area contributed by atoms with Crippen LogP contribution >= 0.6 is 11.6 Å². The van der Waals surface area contributed by atoms with Crippen LogP contribution in [0, 0.1) is 13.8 Å². The van der Waals surface area contributed by atoms with Gasteiger partial charge in [0.15, 0.2) is 11.2 Å². The number of H-pyrrole nitrogens is 1. The molecule has 0 bridgehead atoms. The molecule has 0 atom stereocenters. The number of carbonyl (C=O) groups is 1. The highest BCUT2D eigenvalue weighted by Crippen LogP contribution is 2.27. The first-order chi connectivity index (χ1) is 16.4. The molecular formula is C25H25ClN6O2. The second-order valence-corrected chi connectivity index (χ2v) is 9.32. The van der Waals surface area contributed by atoms with Crippen LogP contribution in [0.15, 0.2) is 47.3 Å². The van der Waals surface area contributed by atoms with Crippen molar-refractivity contribution in [3.8, 4) is 0 Å². The lowest BCUT2D eigenvalue weighted by Crippen LogP contribution is -2.38. The predicted octanol–water partition coefficient (Wildman–Crippen LogP) is 3.85. The van der Waals surface area contributed by atoms with Crippen molar-refractivity contribution in [2.24, 2.45) is 0 Å². The van der Waals surface area contributed by atoms with Gasteiger partial charge >= 0.3 is 0 Å².